The Bertz CT molecular complexity index is 180. The van der Waals surface area contributed by atoms with Gasteiger partial charge in [-0.3, -0.25) is 4.57 Å². The fraction of sp³-hybridized carbons (Fsp3) is 1.00. The molecule has 0 spiro atoms. The zero-order chi connectivity index (χ0) is 9.19. The van der Waals surface area contributed by atoms with Crippen LogP contribution in [0.1, 0.15) is 25.7 Å². The highest BCUT2D eigenvalue weighted by molar-refractivity contribution is 7.52. The molecule has 2 N–H and O–H groups in total. The summed E-state index contributed by atoms with van der Waals surface area (Å²) in [5.74, 6) is 0. The first-order valence-electron chi connectivity index (χ1n) is 4.12. The fourth-order valence-corrected chi connectivity index (χ4v) is 2.59. The highest BCUT2D eigenvalue weighted by Crippen LogP contribution is 2.48. The lowest BCUT2D eigenvalue weighted by molar-refractivity contribution is 0.0699. The quantitative estimate of drug-likeness (QED) is 0.646. The Kier molecular flexibility index (Phi) is 3.29. The van der Waals surface area contributed by atoms with E-state index in [-0.39, 0.29) is 6.10 Å². The van der Waals surface area contributed by atoms with E-state index in [4.69, 9.17) is 14.5 Å². The van der Waals surface area contributed by atoms with Crippen molar-refractivity contribution in [2.45, 2.75) is 37.4 Å². The maximum atomic E-state index is 10.8. The molecule has 0 aromatic rings. The van der Waals surface area contributed by atoms with Gasteiger partial charge in [0.1, 0.15) is 0 Å². The van der Waals surface area contributed by atoms with Crippen molar-refractivity contribution in [1.82, 2.24) is 0 Å². The van der Waals surface area contributed by atoms with Gasteiger partial charge in [0, 0.05) is 7.11 Å². The molecule has 1 aliphatic rings. The van der Waals surface area contributed by atoms with Gasteiger partial charge in [-0.05, 0) is 25.7 Å². The third kappa shape index (κ3) is 2.56. The molecule has 1 aliphatic carbocycles. The lowest BCUT2D eigenvalue weighted by atomic mass is 9.97. The summed E-state index contributed by atoms with van der Waals surface area (Å²) in [5.41, 5.74) is -0.427. The Balaban J connectivity index is 2.41. The second kappa shape index (κ2) is 3.88. The molecule has 0 aromatic heterocycles. The summed E-state index contributed by atoms with van der Waals surface area (Å²) in [5, 5.41) is 0. The fourth-order valence-electron chi connectivity index (χ4n) is 1.62. The van der Waals surface area contributed by atoms with Crippen molar-refractivity contribution in [2.24, 2.45) is 0 Å². The minimum Gasteiger partial charge on any atom is -0.381 e. The van der Waals surface area contributed by atoms with Crippen LogP contribution in [0.5, 0.6) is 0 Å². The molecule has 5 heteroatoms. The van der Waals surface area contributed by atoms with E-state index in [2.05, 4.69) is 0 Å². The zero-order valence-electron chi connectivity index (χ0n) is 7.14. The smallest absolute Gasteiger partial charge is 0.328 e. The number of hydrogen-bond acceptors (Lipinski definition) is 2. The van der Waals surface area contributed by atoms with Crippen molar-refractivity contribution >= 4 is 7.60 Å². The third-order valence-corrected chi connectivity index (χ3v) is 3.92. The molecule has 0 atom stereocenters. The summed E-state index contributed by atoms with van der Waals surface area (Å²) in [7, 11) is -2.19. The molecule has 1 rings (SSSR count). The van der Waals surface area contributed by atoms with Gasteiger partial charge < -0.3 is 14.5 Å². The number of rotatable bonds is 2. The summed E-state index contributed by atoms with van der Waals surface area (Å²) in [6.07, 6.45) is 2.91. The Labute approximate surface area is 72.1 Å². The minimum atomic E-state index is -3.83. The van der Waals surface area contributed by atoms with Crippen LogP contribution in [0.25, 0.3) is 0 Å². The lowest BCUT2D eigenvalue weighted by Crippen LogP contribution is -2.23. The third-order valence-electron chi connectivity index (χ3n) is 2.45. The molecule has 0 unspecified atom stereocenters. The molecule has 1 fully saturated rings. The van der Waals surface area contributed by atoms with Crippen molar-refractivity contribution in [1.29, 1.82) is 0 Å². The van der Waals surface area contributed by atoms with Gasteiger partial charge in [-0.25, -0.2) is 0 Å². The summed E-state index contributed by atoms with van der Waals surface area (Å²) < 4.78 is 15.9. The summed E-state index contributed by atoms with van der Waals surface area (Å²) in [6, 6.07) is 0. The normalized spacial score (nSPS) is 31.9. The van der Waals surface area contributed by atoms with E-state index in [1.165, 1.54) is 0 Å². The number of hydrogen-bond donors (Lipinski definition) is 2. The van der Waals surface area contributed by atoms with Crippen LogP contribution in [0.3, 0.4) is 0 Å². The second-order valence-corrected chi connectivity index (χ2v) is 5.16. The van der Waals surface area contributed by atoms with Crippen LogP contribution >= 0.6 is 7.60 Å². The van der Waals surface area contributed by atoms with Gasteiger partial charge in [0.2, 0.25) is 0 Å². The van der Waals surface area contributed by atoms with Gasteiger partial charge in [0.15, 0.2) is 0 Å². The van der Waals surface area contributed by atoms with Crippen LogP contribution in [0.4, 0.5) is 0 Å². The van der Waals surface area contributed by atoms with Crippen LogP contribution in [-0.2, 0) is 9.30 Å². The molecule has 12 heavy (non-hydrogen) atoms. The van der Waals surface area contributed by atoms with E-state index in [0.29, 0.717) is 12.8 Å². The molecular weight excluding hydrogens is 179 g/mol. The van der Waals surface area contributed by atoms with Crippen LogP contribution in [0.2, 0.25) is 0 Å². The van der Waals surface area contributed by atoms with Crippen LogP contribution in [0.15, 0.2) is 0 Å². The van der Waals surface area contributed by atoms with Crippen molar-refractivity contribution in [2.75, 3.05) is 7.11 Å². The molecule has 0 bridgehead atoms. The molecular formula is C7H15O4P. The van der Waals surface area contributed by atoms with Crippen molar-refractivity contribution in [3.8, 4) is 0 Å². The van der Waals surface area contributed by atoms with Crippen LogP contribution < -0.4 is 0 Å². The van der Waals surface area contributed by atoms with E-state index in [0.717, 1.165) is 12.8 Å². The van der Waals surface area contributed by atoms with Gasteiger partial charge in [0.05, 0.1) is 11.8 Å². The standard InChI is InChI=1S/C7H15O4P/c1-11-6-2-4-7(5-3-6)12(8,9)10/h6-7H,2-5H2,1H3,(H2,8,9,10). The molecule has 0 radical (unpaired) electrons. The van der Waals surface area contributed by atoms with Crippen molar-refractivity contribution in [3.05, 3.63) is 0 Å². The van der Waals surface area contributed by atoms with Gasteiger partial charge in [-0.2, -0.15) is 0 Å². The summed E-state index contributed by atoms with van der Waals surface area (Å²) in [4.78, 5) is 17.7. The predicted molar refractivity (Wildman–Crippen MR) is 45.1 cm³/mol. The maximum absolute atomic E-state index is 10.8. The number of ether oxygens (including phenoxy) is 1. The zero-order valence-corrected chi connectivity index (χ0v) is 8.04. The van der Waals surface area contributed by atoms with E-state index < -0.39 is 13.3 Å². The molecule has 72 valence electrons. The van der Waals surface area contributed by atoms with E-state index >= 15 is 0 Å². The Morgan fingerprint density at radius 1 is 1.25 bits per heavy atom. The average Bonchev–Trinajstić information content (AvgIpc) is 2.03. The molecule has 0 saturated heterocycles. The molecule has 0 amide bonds. The van der Waals surface area contributed by atoms with Gasteiger partial charge in [-0.15, -0.1) is 0 Å². The lowest BCUT2D eigenvalue weighted by Gasteiger charge is -2.27. The predicted octanol–water partition coefficient (Wildman–Crippen LogP) is 1.12. The number of methoxy groups -OCH3 is 1. The van der Waals surface area contributed by atoms with Gasteiger partial charge in [0.25, 0.3) is 0 Å². The first-order valence-corrected chi connectivity index (χ1v) is 5.80. The van der Waals surface area contributed by atoms with Crippen LogP contribution in [0, 0.1) is 0 Å². The first kappa shape index (κ1) is 10.2. The second-order valence-electron chi connectivity index (χ2n) is 3.26. The highest BCUT2D eigenvalue weighted by atomic mass is 31.2. The summed E-state index contributed by atoms with van der Waals surface area (Å²) >= 11 is 0. The first-order chi connectivity index (χ1) is 5.54. The average molecular weight is 194 g/mol. The SMILES string of the molecule is COC1CCC(P(=O)(O)O)CC1. The largest absolute Gasteiger partial charge is 0.381 e. The highest BCUT2D eigenvalue weighted by Gasteiger charge is 2.32. The van der Waals surface area contributed by atoms with E-state index in [1.54, 1.807) is 7.11 Å². The molecule has 0 aliphatic heterocycles. The topological polar surface area (TPSA) is 66.8 Å². The Morgan fingerprint density at radius 2 is 1.75 bits per heavy atom. The molecule has 4 nitrogen and oxygen atoms in total. The summed E-state index contributed by atoms with van der Waals surface area (Å²) in [6.45, 7) is 0. The maximum Gasteiger partial charge on any atom is 0.328 e. The van der Waals surface area contributed by atoms with Crippen molar-refractivity contribution < 1.29 is 19.1 Å². The van der Waals surface area contributed by atoms with Gasteiger partial charge in [-0.1, -0.05) is 0 Å². The van der Waals surface area contributed by atoms with Crippen molar-refractivity contribution in [3.63, 3.8) is 0 Å². The van der Waals surface area contributed by atoms with E-state index in [1.807, 2.05) is 0 Å². The Hall–Kier alpha value is 0.110. The van der Waals surface area contributed by atoms with Gasteiger partial charge >= 0.3 is 7.60 Å². The van der Waals surface area contributed by atoms with E-state index in [9.17, 15) is 4.57 Å². The minimum absolute atomic E-state index is 0.202. The molecule has 0 aromatic carbocycles. The monoisotopic (exact) mass is 194 g/mol. The Morgan fingerprint density at radius 3 is 2.08 bits per heavy atom. The van der Waals surface area contributed by atoms with Crippen LogP contribution in [-0.4, -0.2) is 28.7 Å². The molecule has 0 heterocycles. The molecule has 1 saturated carbocycles.